The standard InChI is InChI=1S/C12H27NO5/c1-7(2)13(8(3)4)5-9(15)11(17)12(18)10(16)6-14/h7-12,14-18H,5-6H2,1-4H3. The molecule has 0 radical (unpaired) electrons. The Hall–Kier alpha value is -0.240. The minimum atomic E-state index is -1.56. The fourth-order valence-electron chi connectivity index (χ4n) is 1.91. The molecule has 18 heavy (non-hydrogen) atoms. The van der Waals surface area contributed by atoms with Crippen molar-refractivity contribution >= 4 is 0 Å². The SMILES string of the molecule is CC(C)N(CC(O)C(O)C(O)C(O)CO)C(C)C. The molecule has 110 valence electrons. The summed E-state index contributed by atoms with van der Waals surface area (Å²) >= 11 is 0. The van der Waals surface area contributed by atoms with E-state index in [2.05, 4.69) is 0 Å². The molecular weight excluding hydrogens is 238 g/mol. The average molecular weight is 265 g/mol. The first-order valence-electron chi connectivity index (χ1n) is 6.31. The molecule has 0 bridgehead atoms. The van der Waals surface area contributed by atoms with Crippen LogP contribution in [0.2, 0.25) is 0 Å². The topological polar surface area (TPSA) is 104 Å². The summed E-state index contributed by atoms with van der Waals surface area (Å²) < 4.78 is 0. The molecule has 0 heterocycles. The van der Waals surface area contributed by atoms with Crippen molar-refractivity contribution in [3.05, 3.63) is 0 Å². The van der Waals surface area contributed by atoms with E-state index in [0.29, 0.717) is 0 Å². The third kappa shape index (κ3) is 5.17. The lowest BCUT2D eigenvalue weighted by molar-refractivity contribution is -0.121. The highest BCUT2D eigenvalue weighted by Gasteiger charge is 2.31. The smallest absolute Gasteiger partial charge is 0.111 e. The Balaban J connectivity index is 4.50. The summed E-state index contributed by atoms with van der Waals surface area (Å²) in [6.07, 6.45) is -5.70. The van der Waals surface area contributed by atoms with Crippen molar-refractivity contribution in [2.45, 2.75) is 64.2 Å². The second kappa shape index (κ2) is 8.04. The number of nitrogens with zero attached hydrogens (tertiary/aromatic N) is 1. The van der Waals surface area contributed by atoms with Crippen LogP contribution in [-0.4, -0.2) is 80.1 Å². The highest BCUT2D eigenvalue weighted by atomic mass is 16.4. The summed E-state index contributed by atoms with van der Waals surface area (Å²) in [5.41, 5.74) is 0. The second-order valence-corrected chi connectivity index (χ2v) is 5.18. The highest BCUT2D eigenvalue weighted by Crippen LogP contribution is 2.11. The second-order valence-electron chi connectivity index (χ2n) is 5.18. The summed E-state index contributed by atoms with van der Waals surface area (Å²) in [6.45, 7) is 7.40. The molecule has 0 aliphatic heterocycles. The van der Waals surface area contributed by atoms with Crippen LogP contribution in [0.25, 0.3) is 0 Å². The number of hydrogen-bond donors (Lipinski definition) is 5. The van der Waals surface area contributed by atoms with Crippen LogP contribution >= 0.6 is 0 Å². The highest BCUT2D eigenvalue weighted by molar-refractivity contribution is 4.83. The molecule has 0 fully saturated rings. The summed E-state index contributed by atoms with van der Waals surface area (Å²) in [4.78, 5) is 1.96. The molecule has 0 aromatic carbocycles. The zero-order chi connectivity index (χ0) is 14.5. The van der Waals surface area contributed by atoms with Crippen molar-refractivity contribution in [1.82, 2.24) is 4.90 Å². The van der Waals surface area contributed by atoms with Gasteiger partial charge in [-0.25, -0.2) is 0 Å². The van der Waals surface area contributed by atoms with Crippen LogP contribution in [0.4, 0.5) is 0 Å². The predicted octanol–water partition coefficient (Wildman–Crippen LogP) is -1.46. The van der Waals surface area contributed by atoms with Crippen molar-refractivity contribution in [2.75, 3.05) is 13.2 Å². The Morgan fingerprint density at radius 2 is 1.17 bits per heavy atom. The van der Waals surface area contributed by atoms with Gasteiger partial charge in [0.15, 0.2) is 0 Å². The van der Waals surface area contributed by atoms with Gasteiger partial charge in [-0.2, -0.15) is 0 Å². The Morgan fingerprint density at radius 3 is 1.50 bits per heavy atom. The third-order valence-electron chi connectivity index (χ3n) is 3.05. The maximum absolute atomic E-state index is 9.86. The molecule has 0 aliphatic carbocycles. The fraction of sp³-hybridized carbons (Fsp3) is 1.00. The molecule has 4 unspecified atom stereocenters. The number of aliphatic hydroxyl groups is 5. The van der Waals surface area contributed by atoms with Gasteiger partial charge in [0.05, 0.1) is 12.7 Å². The molecule has 0 aromatic heterocycles. The lowest BCUT2D eigenvalue weighted by atomic mass is 10.0. The fourth-order valence-corrected chi connectivity index (χ4v) is 1.91. The van der Waals surface area contributed by atoms with Crippen LogP contribution < -0.4 is 0 Å². The lowest BCUT2D eigenvalue weighted by Gasteiger charge is -2.35. The average Bonchev–Trinajstić information content (AvgIpc) is 2.31. The Morgan fingerprint density at radius 1 is 0.778 bits per heavy atom. The molecule has 6 nitrogen and oxygen atoms in total. The Labute approximate surface area is 108 Å². The monoisotopic (exact) mass is 265 g/mol. The largest absolute Gasteiger partial charge is 0.394 e. The van der Waals surface area contributed by atoms with Crippen LogP contribution in [0.3, 0.4) is 0 Å². The minimum absolute atomic E-state index is 0.186. The number of aliphatic hydroxyl groups excluding tert-OH is 5. The van der Waals surface area contributed by atoms with Crippen LogP contribution in [0.15, 0.2) is 0 Å². The molecular formula is C12H27NO5. The van der Waals surface area contributed by atoms with Gasteiger partial charge in [0.1, 0.15) is 18.3 Å². The first-order valence-corrected chi connectivity index (χ1v) is 6.31. The predicted molar refractivity (Wildman–Crippen MR) is 68.1 cm³/mol. The summed E-state index contributed by atoms with van der Waals surface area (Å²) in [5.74, 6) is 0. The third-order valence-corrected chi connectivity index (χ3v) is 3.05. The van der Waals surface area contributed by atoms with Gasteiger partial charge in [0, 0.05) is 18.6 Å². The van der Waals surface area contributed by atoms with Crippen molar-refractivity contribution < 1.29 is 25.5 Å². The van der Waals surface area contributed by atoms with Crippen LogP contribution in [0.5, 0.6) is 0 Å². The molecule has 0 saturated carbocycles. The van der Waals surface area contributed by atoms with Crippen molar-refractivity contribution in [3.8, 4) is 0 Å². The van der Waals surface area contributed by atoms with Gasteiger partial charge >= 0.3 is 0 Å². The first kappa shape index (κ1) is 17.8. The Bertz CT molecular complexity index is 217. The minimum Gasteiger partial charge on any atom is -0.394 e. The van der Waals surface area contributed by atoms with Gasteiger partial charge in [-0.05, 0) is 27.7 Å². The van der Waals surface area contributed by atoms with E-state index < -0.39 is 31.0 Å². The quantitative estimate of drug-likeness (QED) is 0.367. The van der Waals surface area contributed by atoms with E-state index in [9.17, 15) is 20.4 Å². The van der Waals surface area contributed by atoms with Crippen molar-refractivity contribution in [3.63, 3.8) is 0 Å². The molecule has 0 aromatic rings. The van der Waals surface area contributed by atoms with Gasteiger partial charge < -0.3 is 25.5 Å². The normalized spacial score (nSPS) is 19.3. The maximum Gasteiger partial charge on any atom is 0.111 e. The zero-order valence-electron chi connectivity index (χ0n) is 11.6. The van der Waals surface area contributed by atoms with Crippen LogP contribution in [-0.2, 0) is 0 Å². The van der Waals surface area contributed by atoms with Crippen LogP contribution in [0, 0.1) is 0 Å². The van der Waals surface area contributed by atoms with E-state index >= 15 is 0 Å². The molecule has 0 aliphatic rings. The van der Waals surface area contributed by atoms with Gasteiger partial charge in [-0.1, -0.05) is 0 Å². The molecule has 0 rings (SSSR count). The van der Waals surface area contributed by atoms with Gasteiger partial charge in [0.2, 0.25) is 0 Å². The summed E-state index contributed by atoms with van der Waals surface area (Å²) in [7, 11) is 0. The lowest BCUT2D eigenvalue weighted by Crippen LogP contribution is -2.51. The molecule has 4 atom stereocenters. The zero-order valence-corrected chi connectivity index (χ0v) is 11.6. The van der Waals surface area contributed by atoms with E-state index in [-0.39, 0.29) is 18.6 Å². The van der Waals surface area contributed by atoms with E-state index in [1.165, 1.54) is 0 Å². The Kier molecular flexibility index (Phi) is 7.93. The van der Waals surface area contributed by atoms with Gasteiger partial charge in [-0.3, -0.25) is 4.90 Å². The van der Waals surface area contributed by atoms with E-state index in [1.54, 1.807) is 0 Å². The van der Waals surface area contributed by atoms with Crippen molar-refractivity contribution in [1.29, 1.82) is 0 Å². The molecule has 0 saturated heterocycles. The molecule has 0 spiro atoms. The first-order chi connectivity index (χ1) is 8.22. The number of rotatable bonds is 8. The van der Waals surface area contributed by atoms with E-state index in [0.717, 1.165) is 0 Å². The summed E-state index contributed by atoms with van der Waals surface area (Å²) in [5, 5.41) is 47.0. The molecule has 5 N–H and O–H groups in total. The molecule has 6 heteroatoms. The van der Waals surface area contributed by atoms with E-state index in [1.807, 2.05) is 32.6 Å². The van der Waals surface area contributed by atoms with E-state index in [4.69, 9.17) is 5.11 Å². The summed E-state index contributed by atoms with van der Waals surface area (Å²) in [6, 6.07) is 0.374. The van der Waals surface area contributed by atoms with Gasteiger partial charge in [0.25, 0.3) is 0 Å². The molecule has 0 amide bonds. The number of hydrogen-bond acceptors (Lipinski definition) is 6. The maximum atomic E-state index is 9.86. The van der Waals surface area contributed by atoms with Crippen molar-refractivity contribution in [2.24, 2.45) is 0 Å². The van der Waals surface area contributed by atoms with Gasteiger partial charge in [-0.15, -0.1) is 0 Å². The van der Waals surface area contributed by atoms with Crippen LogP contribution in [0.1, 0.15) is 27.7 Å².